The first-order valence-electron chi connectivity index (χ1n) is 8.27. The lowest BCUT2D eigenvalue weighted by Gasteiger charge is -2.25. The van der Waals surface area contributed by atoms with Crippen LogP contribution in [0.5, 0.6) is 0 Å². The third-order valence-corrected chi connectivity index (χ3v) is 3.40. The molecule has 0 aromatic heterocycles. The minimum atomic E-state index is -1.40. The second-order valence-corrected chi connectivity index (χ2v) is 7.27. The molecule has 7 nitrogen and oxygen atoms in total. The first-order valence-corrected chi connectivity index (χ1v) is 8.27. The molecule has 0 spiro atoms. The van der Waals surface area contributed by atoms with Crippen LogP contribution in [0.25, 0.3) is 0 Å². The number of ether oxygens (including phenoxy) is 1. The summed E-state index contributed by atoms with van der Waals surface area (Å²) in [5.74, 6) is -3.71. The summed E-state index contributed by atoms with van der Waals surface area (Å²) in [6.07, 6.45) is -1.35. The van der Waals surface area contributed by atoms with Gasteiger partial charge in [0, 0.05) is 5.54 Å². The first-order chi connectivity index (χ1) is 12.3. The van der Waals surface area contributed by atoms with Crippen LogP contribution in [0.2, 0.25) is 0 Å². The minimum absolute atomic E-state index is 0.481. The zero-order chi connectivity index (χ0) is 20.9. The van der Waals surface area contributed by atoms with Crippen molar-refractivity contribution in [2.45, 2.75) is 45.4 Å². The Kier molecular flexibility index (Phi) is 7.41. The van der Waals surface area contributed by atoms with E-state index in [2.05, 4.69) is 5.32 Å². The number of carbonyl (C=O) groups excluding carboxylic acids is 3. The Morgan fingerprint density at radius 1 is 1.11 bits per heavy atom. The summed E-state index contributed by atoms with van der Waals surface area (Å²) in [6, 6.07) is 1.07. The fourth-order valence-corrected chi connectivity index (χ4v) is 2.24. The zero-order valence-corrected chi connectivity index (χ0v) is 16.2. The van der Waals surface area contributed by atoms with Gasteiger partial charge in [0.05, 0.1) is 5.56 Å². The number of urea groups is 1. The van der Waals surface area contributed by atoms with Gasteiger partial charge in [0.25, 0.3) is 5.91 Å². The molecule has 0 aliphatic carbocycles. The highest BCUT2D eigenvalue weighted by molar-refractivity contribution is 5.97. The molecular formula is C18H25F2N3O4. The molecule has 1 aromatic carbocycles. The molecule has 0 aliphatic heterocycles. The Morgan fingerprint density at radius 2 is 1.63 bits per heavy atom. The molecule has 1 rings (SSSR count). The largest absolute Gasteiger partial charge is 0.451 e. The molecule has 0 fully saturated rings. The molecule has 150 valence electrons. The number of imide groups is 1. The highest BCUT2D eigenvalue weighted by atomic mass is 19.1. The average molecular weight is 385 g/mol. The number of nitrogens with zero attached hydrogens (tertiary/aromatic N) is 1. The van der Waals surface area contributed by atoms with E-state index in [4.69, 9.17) is 4.74 Å². The van der Waals surface area contributed by atoms with E-state index < -0.39 is 52.8 Å². The van der Waals surface area contributed by atoms with Gasteiger partial charge in [0.1, 0.15) is 17.7 Å². The number of hydrogen-bond donors (Lipinski definition) is 2. The Hall–Kier alpha value is -2.55. The third-order valence-electron chi connectivity index (χ3n) is 3.40. The zero-order valence-electron chi connectivity index (χ0n) is 16.2. The monoisotopic (exact) mass is 385 g/mol. The summed E-state index contributed by atoms with van der Waals surface area (Å²) in [5, 5.41) is 4.57. The van der Waals surface area contributed by atoms with Crippen LogP contribution in [0.1, 0.15) is 39.3 Å². The standard InChI is InChI=1S/C18H25F2N3O4/c1-10(15(24)21-17(26)22-18(2,3)4)27-16(25)14(23(5)6)13-11(19)8-7-9-12(13)20/h7-10,14H,1-6H3,(H2,21,22,24,26)/t10-,14+/m1/s1. The Balaban J connectivity index is 2.88. The van der Waals surface area contributed by atoms with Gasteiger partial charge in [-0.05, 0) is 53.9 Å². The lowest BCUT2D eigenvalue weighted by molar-refractivity contribution is -0.159. The Morgan fingerprint density at radius 3 is 2.07 bits per heavy atom. The molecule has 27 heavy (non-hydrogen) atoms. The number of esters is 1. The molecule has 2 atom stereocenters. The van der Waals surface area contributed by atoms with Crippen LogP contribution in [0, 0.1) is 11.6 Å². The van der Waals surface area contributed by atoms with Gasteiger partial charge in [-0.2, -0.15) is 0 Å². The molecule has 0 radical (unpaired) electrons. The third kappa shape index (κ3) is 6.59. The fourth-order valence-electron chi connectivity index (χ4n) is 2.24. The second-order valence-electron chi connectivity index (χ2n) is 7.27. The topological polar surface area (TPSA) is 87.7 Å². The summed E-state index contributed by atoms with van der Waals surface area (Å²) in [4.78, 5) is 37.5. The van der Waals surface area contributed by atoms with E-state index >= 15 is 0 Å². The van der Waals surface area contributed by atoms with E-state index in [-0.39, 0.29) is 0 Å². The van der Waals surface area contributed by atoms with Crippen molar-refractivity contribution in [2.75, 3.05) is 14.1 Å². The number of carbonyl (C=O) groups is 3. The summed E-state index contributed by atoms with van der Waals surface area (Å²) >= 11 is 0. The molecule has 0 unspecified atom stereocenters. The SMILES string of the molecule is C[C@@H](OC(=O)[C@H](c1c(F)cccc1F)N(C)C)C(=O)NC(=O)NC(C)(C)C. The molecule has 9 heteroatoms. The summed E-state index contributed by atoms with van der Waals surface area (Å²) in [7, 11) is 2.89. The Bertz CT molecular complexity index is 697. The summed E-state index contributed by atoms with van der Waals surface area (Å²) < 4.78 is 33.1. The Labute approximate surface area is 157 Å². The fraction of sp³-hybridized carbons (Fsp3) is 0.500. The number of amides is 3. The predicted octanol–water partition coefficient (Wildman–Crippen LogP) is 2.12. The van der Waals surface area contributed by atoms with Crippen molar-refractivity contribution in [2.24, 2.45) is 0 Å². The van der Waals surface area contributed by atoms with Crippen LogP contribution >= 0.6 is 0 Å². The van der Waals surface area contributed by atoms with Crippen molar-refractivity contribution in [3.63, 3.8) is 0 Å². The minimum Gasteiger partial charge on any atom is -0.451 e. The van der Waals surface area contributed by atoms with E-state index in [1.54, 1.807) is 20.8 Å². The number of halogens is 2. The van der Waals surface area contributed by atoms with E-state index in [1.165, 1.54) is 32.0 Å². The van der Waals surface area contributed by atoms with Crippen molar-refractivity contribution in [3.05, 3.63) is 35.4 Å². The van der Waals surface area contributed by atoms with Crippen LogP contribution < -0.4 is 10.6 Å². The molecule has 3 amide bonds. The second kappa shape index (κ2) is 8.90. The van der Waals surface area contributed by atoms with Gasteiger partial charge in [-0.1, -0.05) is 6.07 Å². The lowest BCUT2D eigenvalue weighted by atomic mass is 10.0. The van der Waals surface area contributed by atoms with Gasteiger partial charge < -0.3 is 10.1 Å². The predicted molar refractivity (Wildman–Crippen MR) is 94.8 cm³/mol. The van der Waals surface area contributed by atoms with Crippen LogP contribution in [-0.2, 0) is 14.3 Å². The van der Waals surface area contributed by atoms with Gasteiger partial charge in [-0.15, -0.1) is 0 Å². The number of likely N-dealkylation sites (N-methyl/N-ethyl adjacent to an activating group) is 1. The maximum absolute atomic E-state index is 14.0. The number of hydrogen-bond acceptors (Lipinski definition) is 5. The van der Waals surface area contributed by atoms with E-state index in [0.29, 0.717) is 0 Å². The quantitative estimate of drug-likeness (QED) is 0.758. The molecule has 0 saturated carbocycles. The molecule has 0 heterocycles. The van der Waals surface area contributed by atoms with Gasteiger partial charge in [-0.3, -0.25) is 15.0 Å². The summed E-state index contributed by atoms with van der Waals surface area (Å²) in [6.45, 7) is 6.43. The smallest absolute Gasteiger partial charge is 0.328 e. The molecule has 1 aromatic rings. The average Bonchev–Trinajstić information content (AvgIpc) is 2.48. The number of benzene rings is 1. The van der Waals surface area contributed by atoms with Gasteiger partial charge in [-0.25, -0.2) is 18.4 Å². The summed E-state index contributed by atoms with van der Waals surface area (Å²) in [5.41, 5.74) is -1.05. The van der Waals surface area contributed by atoms with E-state index in [0.717, 1.165) is 12.1 Å². The molecule has 0 aliphatic rings. The van der Waals surface area contributed by atoms with Crippen molar-refractivity contribution in [1.29, 1.82) is 0 Å². The highest BCUT2D eigenvalue weighted by Gasteiger charge is 2.33. The lowest BCUT2D eigenvalue weighted by Crippen LogP contribution is -2.50. The van der Waals surface area contributed by atoms with Gasteiger partial charge in [0.15, 0.2) is 6.10 Å². The van der Waals surface area contributed by atoms with Gasteiger partial charge >= 0.3 is 12.0 Å². The maximum Gasteiger partial charge on any atom is 0.328 e. The first kappa shape index (κ1) is 22.5. The molecule has 2 N–H and O–H groups in total. The normalized spacial score (nSPS) is 13.7. The molecule has 0 bridgehead atoms. The van der Waals surface area contributed by atoms with Crippen molar-refractivity contribution in [3.8, 4) is 0 Å². The van der Waals surface area contributed by atoms with Crippen molar-refractivity contribution >= 4 is 17.9 Å². The maximum atomic E-state index is 14.0. The number of rotatable bonds is 5. The number of nitrogens with one attached hydrogen (secondary N) is 2. The van der Waals surface area contributed by atoms with Crippen LogP contribution in [0.3, 0.4) is 0 Å². The molecular weight excluding hydrogens is 360 g/mol. The van der Waals surface area contributed by atoms with Crippen molar-refractivity contribution < 1.29 is 27.9 Å². The van der Waals surface area contributed by atoms with Crippen molar-refractivity contribution in [1.82, 2.24) is 15.5 Å². The van der Waals surface area contributed by atoms with E-state index in [9.17, 15) is 23.2 Å². The van der Waals surface area contributed by atoms with Crippen LogP contribution in [0.15, 0.2) is 18.2 Å². The van der Waals surface area contributed by atoms with E-state index in [1.807, 2.05) is 5.32 Å². The highest BCUT2D eigenvalue weighted by Crippen LogP contribution is 2.26. The van der Waals surface area contributed by atoms with Crippen LogP contribution in [-0.4, -0.2) is 48.5 Å². The van der Waals surface area contributed by atoms with Gasteiger partial charge in [0.2, 0.25) is 0 Å². The van der Waals surface area contributed by atoms with Crippen LogP contribution in [0.4, 0.5) is 13.6 Å². The molecule has 0 saturated heterocycles.